The number of amides is 1. The van der Waals surface area contributed by atoms with E-state index in [2.05, 4.69) is 26.0 Å². The molecule has 0 aliphatic heterocycles. The minimum atomic E-state index is -5.07. The molecule has 1 N–H and O–H groups in total. The fourth-order valence-electron chi connectivity index (χ4n) is 3.67. The average Bonchev–Trinajstić information content (AvgIpc) is 3.14. The Morgan fingerprint density at radius 2 is 1.79 bits per heavy atom. The van der Waals surface area contributed by atoms with Crippen LogP contribution in [0.1, 0.15) is 38.6 Å². The quantitative estimate of drug-likeness (QED) is 0.260. The maximum Gasteiger partial charge on any atom is 0.437 e. The van der Waals surface area contributed by atoms with Crippen LogP contribution in [-0.4, -0.2) is 20.7 Å². The highest BCUT2D eigenvalue weighted by Gasteiger charge is 2.40. The Hall–Kier alpha value is -3.99. The lowest BCUT2D eigenvalue weighted by Crippen LogP contribution is -2.18. The summed E-state index contributed by atoms with van der Waals surface area (Å²) in [7, 11) is 0. The van der Waals surface area contributed by atoms with Gasteiger partial charge in [0.05, 0.1) is 40.6 Å². The zero-order valence-electron chi connectivity index (χ0n) is 19.0. The SMILES string of the molecule is Cc1c(NC(=O)c2cc(C(F)(F)F)nc3ccc(Br)cc23)c(C(F)(F)F)nn1Cc1ccc(C#N)cc1F. The van der Waals surface area contributed by atoms with Crippen molar-refractivity contribution in [3.05, 3.63) is 86.5 Å². The molecule has 0 saturated carbocycles. The van der Waals surface area contributed by atoms with E-state index in [1.807, 2.05) is 5.32 Å². The second kappa shape index (κ2) is 9.71. The van der Waals surface area contributed by atoms with E-state index >= 15 is 0 Å². The van der Waals surface area contributed by atoms with Gasteiger partial charge in [0.2, 0.25) is 0 Å². The van der Waals surface area contributed by atoms with E-state index in [4.69, 9.17) is 5.26 Å². The zero-order valence-corrected chi connectivity index (χ0v) is 20.6. The summed E-state index contributed by atoms with van der Waals surface area (Å²) in [5.41, 5.74) is -4.81. The molecule has 14 heteroatoms. The van der Waals surface area contributed by atoms with E-state index in [-0.39, 0.29) is 27.7 Å². The third-order valence-electron chi connectivity index (χ3n) is 5.52. The molecule has 2 aromatic carbocycles. The summed E-state index contributed by atoms with van der Waals surface area (Å²) in [6, 6.07) is 9.51. The van der Waals surface area contributed by atoms with E-state index < -0.39 is 53.3 Å². The number of nitrogens with one attached hydrogen (secondary N) is 1. The van der Waals surface area contributed by atoms with Gasteiger partial charge in [-0.15, -0.1) is 0 Å². The van der Waals surface area contributed by atoms with Crippen molar-refractivity contribution in [1.82, 2.24) is 14.8 Å². The highest BCUT2D eigenvalue weighted by atomic mass is 79.9. The Bertz CT molecular complexity index is 1620. The number of hydrogen-bond acceptors (Lipinski definition) is 4. The van der Waals surface area contributed by atoms with E-state index in [9.17, 15) is 35.5 Å². The van der Waals surface area contributed by atoms with Gasteiger partial charge in [0.15, 0.2) is 5.69 Å². The van der Waals surface area contributed by atoms with Crippen LogP contribution in [0.15, 0.2) is 46.9 Å². The molecule has 0 atom stereocenters. The number of aromatic nitrogens is 3. The van der Waals surface area contributed by atoms with Gasteiger partial charge in [0.25, 0.3) is 5.91 Å². The van der Waals surface area contributed by atoms with Crippen molar-refractivity contribution in [1.29, 1.82) is 5.26 Å². The van der Waals surface area contributed by atoms with Crippen molar-refractivity contribution < 1.29 is 35.5 Å². The summed E-state index contributed by atoms with van der Waals surface area (Å²) in [5, 5.41) is 14.4. The van der Waals surface area contributed by atoms with Crippen molar-refractivity contribution in [2.45, 2.75) is 25.8 Å². The molecule has 0 aliphatic rings. The van der Waals surface area contributed by atoms with Gasteiger partial charge in [-0.3, -0.25) is 9.48 Å². The topological polar surface area (TPSA) is 83.6 Å². The first kappa shape index (κ1) is 27.1. The first-order valence-electron chi connectivity index (χ1n) is 10.5. The van der Waals surface area contributed by atoms with Crippen LogP contribution >= 0.6 is 15.9 Å². The Morgan fingerprint density at radius 3 is 2.39 bits per heavy atom. The minimum Gasteiger partial charge on any atom is -0.319 e. The van der Waals surface area contributed by atoms with Crippen molar-refractivity contribution in [2.24, 2.45) is 0 Å². The Labute approximate surface area is 217 Å². The largest absolute Gasteiger partial charge is 0.437 e. The summed E-state index contributed by atoms with van der Waals surface area (Å²) in [4.78, 5) is 16.6. The highest BCUT2D eigenvalue weighted by molar-refractivity contribution is 9.10. The van der Waals surface area contributed by atoms with Crippen LogP contribution in [0, 0.1) is 24.1 Å². The van der Waals surface area contributed by atoms with Crippen LogP contribution in [0.3, 0.4) is 0 Å². The second-order valence-electron chi connectivity index (χ2n) is 8.05. The summed E-state index contributed by atoms with van der Waals surface area (Å²) in [6.45, 7) is 0.702. The first-order valence-corrected chi connectivity index (χ1v) is 11.3. The number of halogens is 8. The number of benzene rings is 2. The molecule has 4 rings (SSSR count). The molecular weight excluding hydrogens is 587 g/mol. The first-order chi connectivity index (χ1) is 17.7. The number of nitrogens with zero attached hydrogens (tertiary/aromatic N) is 4. The molecular formula is C24H13BrF7N5O. The molecule has 4 aromatic rings. The van der Waals surface area contributed by atoms with Gasteiger partial charge < -0.3 is 5.32 Å². The summed E-state index contributed by atoms with van der Waals surface area (Å²) in [5.74, 6) is -2.12. The predicted octanol–water partition coefficient (Wildman–Crippen LogP) is 6.85. The number of carbonyl (C=O) groups excluding carboxylic acids is 1. The molecule has 2 heterocycles. The lowest BCUT2D eigenvalue weighted by molar-refractivity contribution is -0.141. The Kier molecular flexibility index (Phi) is 6.92. The number of nitriles is 1. The number of alkyl halides is 6. The molecule has 196 valence electrons. The summed E-state index contributed by atoms with van der Waals surface area (Å²) in [6.07, 6.45) is -10.00. The van der Waals surface area contributed by atoms with E-state index in [1.165, 1.54) is 37.3 Å². The van der Waals surface area contributed by atoms with Crippen LogP contribution in [0.5, 0.6) is 0 Å². The number of anilines is 1. The molecule has 6 nitrogen and oxygen atoms in total. The number of pyridine rings is 1. The van der Waals surface area contributed by atoms with Gasteiger partial charge in [-0.25, -0.2) is 9.37 Å². The Balaban J connectivity index is 1.80. The molecule has 1 amide bonds. The lowest BCUT2D eigenvalue weighted by Gasteiger charge is -2.13. The molecule has 0 fully saturated rings. The van der Waals surface area contributed by atoms with Crippen LogP contribution in [0.4, 0.5) is 36.4 Å². The normalized spacial score (nSPS) is 12.0. The van der Waals surface area contributed by atoms with Crippen molar-refractivity contribution >= 4 is 38.4 Å². The van der Waals surface area contributed by atoms with Gasteiger partial charge in [-0.1, -0.05) is 22.0 Å². The molecule has 0 saturated heterocycles. The van der Waals surface area contributed by atoms with Gasteiger partial charge >= 0.3 is 12.4 Å². The predicted molar refractivity (Wildman–Crippen MR) is 125 cm³/mol. The van der Waals surface area contributed by atoms with Crippen LogP contribution < -0.4 is 5.32 Å². The third kappa shape index (κ3) is 5.33. The van der Waals surface area contributed by atoms with Gasteiger partial charge in [-0.05, 0) is 43.3 Å². The van der Waals surface area contributed by atoms with Crippen LogP contribution in [-0.2, 0) is 18.9 Å². The molecule has 38 heavy (non-hydrogen) atoms. The number of hydrogen-bond donors (Lipinski definition) is 1. The van der Waals surface area contributed by atoms with Gasteiger partial charge in [0, 0.05) is 15.4 Å². The fourth-order valence-corrected chi connectivity index (χ4v) is 4.03. The molecule has 0 bridgehead atoms. The monoisotopic (exact) mass is 599 g/mol. The van der Waals surface area contributed by atoms with Crippen LogP contribution in [0.2, 0.25) is 0 Å². The number of rotatable bonds is 4. The van der Waals surface area contributed by atoms with Crippen molar-refractivity contribution in [3.63, 3.8) is 0 Å². The maximum absolute atomic E-state index is 14.4. The molecule has 0 radical (unpaired) electrons. The second-order valence-corrected chi connectivity index (χ2v) is 8.97. The summed E-state index contributed by atoms with van der Waals surface area (Å²) >= 11 is 3.15. The lowest BCUT2D eigenvalue weighted by atomic mass is 10.1. The van der Waals surface area contributed by atoms with Crippen LogP contribution in [0.25, 0.3) is 10.9 Å². The molecule has 2 aromatic heterocycles. The Morgan fingerprint density at radius 1 is 1.08 bits per heavy atom. The number of carbonyl (C=O) groups is 1. The van der Waals surface area contributed by atoms with E-state index in [1.54, 1.807) is 6.07 Å². The molecule has 0 aliphatic carbocycles. The molecule has 0 unspecified atom stereocenters. The van der Waals surface area contributed by atoms with E-state index in [0.717, 1.165) is 10.7 Å². The van der Waals surface area contributed by atoms with E-state index in [0.29, 0.717) is 10.5 Å². The van der Waals surface area contributed by atoms with Crippen molar-refractivity contribution in [2.75, 3.05) is 5.32 Å². The van der Waals surface area contributed by atoms with Crippen molar-refractivity contribution in [3.8, 4) is 6.07 Å². The van der Waals surface area contributed by atoms with Gasteiger partial charge in [-0.2, -0.15) is 36.7 Å². The number of fused-ring (bicyclic) bond motifs is 1. The average molecular weight is 600 g/mol. The standard InChI is InChI=1S/C24H13BrF7N5O/c1-11-20(21(24(30,31)32)36-37(11)10-13-3-2-12(9-33)6-17(13)26)35-22(38)16-8-19(23(27,28)29)34-18-5-4-14(25)7-15(16)18/h2-8H,10H2,1H3,(H,35,38). The smallest absolute Gasteiger partial charge is 0.319 e. The third-order valence-corrected chi connectivity index (χ3v) is 6.01. The highest BCUT2D eigenvalue weighted by Crippen LogP contribution is 2.37. The fraction of sp³-hybridized carbons (Fsp3) is 0.167. The summed E-state index contributed by atoms with van der Waals surface area (Å²) < 4.78 is 97.3. The maximum atomic E-state index is 14.4. The zero-order chi connectivity index (χ0) is 28.0. The van der Waals surface area contributed by atoms with Gasteiger partial charge in [0.1, 0.15) is 11.5 Å². The minimum absolute atomic E-state index is 0.00168. The molecule has 0 spiro atoms.